The number of hydrogen-bond acceptors (Lipinski definition) is 5. The minimum absolute atomic E-state index is 0.0367. The number of carboxylic acid groups (broad SMARTS) is 1. The van der Waals surface area contributed by atoms with E-state index in [2.05, 4.69) is 15.9 Å². The zero-order valence-corrected chi connectivity index (χ0v) is 12.3. The van der Waals surface area contributed by atoms with Crippen LogP contribution in [0.5, 0.6) is 0 Å². The molecule has 0 saturated heterocycles. The lowest BCUT2D eigenvalue weighted by atomic mass is 10.2. The zero-order chi connectivity index (χ0) is 15.7. The van der Waals surface area contributed by atoms with Crippen LogP contribution < -0.4 is 5.56 Å². The summed E-state index contributed by atoms with van der Waals surface area (Å²) in [5.74, 6) is -1.16. The Labute approximate surface area is 125 Å². The van der Waals surface area contributed by atoms with Crippen molar-refractivity contribution in [3.8, 4) is 0 Å². The Bertz CT molecular complexity index is 792. The molecule has 0 saturated carbocycles. The summed E-state index contributed by atoms with van der Waals surface area (Å²) in [6, 6.07) is 1.25. The second-order valence-corrected chi connectivity index (χ2v) is 5.00. The van der Waals surface area contributed by atoms with Gasteiger partial charge in [0.25, 0.3) is 11.2 Å². The van der Waals surface area contributed by atoms with Crippen molar-refractivity contribution in [3.05, 3.63) is 60.4 Å². The quantitative estimate of drug-likeness (QED) is 0.662. The van der Waals surface area contributed by atoms with E-state index in [0.29, 0.717) is 0 Å². The molecule has 21 heavy (non-hydrogen) atoms. The van der Waals surface area contributed by atoms with Crippen LogP contribution in [0.15, 0.2) is 32.2 Å². The van der Waals surface area contributed by atoms with E-state index in [-0.39, 0.29) is 33.6 Å². The zero-order valence-electron chi connectivity index (χ0n) is 10.7. The summed E-state index contributed by atoms with van der Waals surface area (Å²) >= 11 is 3.02. The Balaban J connectivity index is 2.55. The first kappa shape index (κ1) is 15.0. The highest BCUT2D eigenvalue weighted by atomic mass is 79.9. The summed E-state index contributed by atoms with van der Waals surface area (Å²) in [5.41, 5.74) is -0.642. The number of hydrogen-bond donors (Lipinski definition) is 1. The van der Waals surface area contributed by atoms with Crippen molar-refractivity contribution in [2.24, 2.45) is 0 Å². The lowest BCUT2D eigenvalue weighted by Gasteiger charge is -2.07. The fraction of sp³-hybridized carbons (Fsp3) is 0.167. The summed E-state index contributed by atoms with van der Waals surface area (Å²) in [5, 5.41) is 19.9. The Morgan fingerprint density at radius 2 is 2.24 bits per heavy atom. The van der Waals surface area contributed by atoms with Crippen molar-refractivity contribution in [1.82, 2.24) is 4.57 Å². The summed E-state index contributed by atoms with van der Waals surface area (Å²) in [6.07, 6.45) is 2.25. The molecule has 1 N–H and O–H groups in total. The van der Waals surface area contributed by atoms with Gasteiger partial charge < -0.3 is 14.1 Å². The molecule has 0 unspecified atom stereocenters. The van der Waals surface area contributed by atoms with Gasteiger partial charge in [0, 0.05) is 5.56 Å². The van der Waals surface area contributed by atoms with E-state index >= 15 is 0 Å². The lowest BCUT2D eigenvalue weighted by molar-refractivity contribution is -0.386. The fourth-order valence-corrected chi connectivity index (χ4v) is 2.24. The number of aromatic nitrogens is 1. The maximum atomic E-state index is 12.1. The molecular weight excluding hydrogens is 348 g/mol. The van der Waals surface area contributed by atoms with Gasteiger partial charge in [0.05, 0.1) is 28.4 Å². The number of rotatable bonds is 4. The van der Waals surface area contributed by atoms with Gasteiger partial charge in [-0.15, -0.1) is 0 Å². The molecule has 0 radical (unpaired) electrons. The fourth-order valence-electron chi connectivity index (χ4n) is 1.81. The molecule has 0 aliphatic rings. The van der Waals surface area contributed by atoms with Crippen LogP contribution in [0.1, 0.15) is 21.7 Å². The molecule has 9 heteroatoms. The van der Waals surface area contributed by atoms with E-state index in [9.17, 15) is 19.7 Å². The van der Waals surface area contributed by atoms with Crippen molar-refractivity contribution in [3.63, 3.8) is 0 Å². The summed E-state index contributed by atoms with van der Waals surface area (Å²) < 4.78 is 6.11. The van der Waals surface area contributed by atoms with Crippen LogP contribution in [0.2, 0.25) is 0 Å². The molecule has 0 fully saturated rings. The van der Waals surface area contributed by atoms with Gasteiger partial charge in [-0.3, -0.25) is 14.9 Å². The second-order valence-electron chi connectivity index (χ2n) is 4.21. The van der Waals surface area contributed by atoms with Crippen molar-refractivity contribution in [1.29, 1.82) is 0 Å². The molecule has 2 rings (SSSR count). The van der Waals surface area contributed by atoms with Gasteiger partial charge >= 0.3 is 5.97 Å². The number of halogens is 1. The van der Waals surface area contributed by atoms with Crippen LogP contribution in [-0.4, -0.2) is 20.6 Å². The van der Waals surface area contributed by atoms with Gasteiger partial charge in [-0.05, 0) is 28.9 Å². The predicted octanol–water partition coefficient (Wildman–Crippen LogP) is 2.17. The maximum absolute atomic E-state index is 12.1. The van der Waals surface area contributed by atoms with Crippen LogP contribution >= 0.6 is 15.9 Å². The molecule has 0 bridgehead atoms. The molecule has 0 aromatic carbocycles. The molecular formula is C12H9BrN2O6. The Morgan fingerprint density at radius 1 is 1.57 bits per heavy atom. The van der Waals surface area contributed by atoms with E-state index in [1.54, 1.807) is 0 Å². The van der Waals surface area contributed by atoms with Crippen molar-refractivity contribution in [2.75, 3.05) is 0 Å². The van der Waals surface area contributed by atoms with E-state index in [4.69, 9.17) is 9.52 Å². The summed E-state index contributed by atoms with van der Waals surface area (Å²) in [6.45, 7) is 1.23. The SMILES string of the molecule is Cc1c([N+](=O)[O-])cn(Cc2occc2C(=O)O)c(=O)c1Br. The summed E-state index contributed by atoms with van der Waals surface area (Å²) in [7, 11) is 0. The predicted molar refractivity (Wildman–Crippen MR) is 74.6 cm³/mol. The second kappa shape index (κ2) is 5.52. The van der Waals surface area contributed by atoms with Crippen LogP contribution in [0.3, 0.4) is 0 Å². The standard InChI is InChI=1S/C12H9BrN2O6/c1-6-8(15(19)20)4-14(11(16)10(6)13)5-9-7(12(17)18)2-3-21-9/h2-4H,5H2,1H3,(H,17,18). The molecule has 0 spiro atoms. The van der Waals surface area contributed by atoms with Gasteiger partial charge in [-0.25, -0.2) is 4.79 Å². The third-order valence-electron chi connectivity index (χ3n) is 2.93. The minimum atomic E-state index is -1.20. The molecule has 8 nitrogen and oxygen atoms in total. The maximum Gasteiger partial charge on any atom is 0.339 e. The normalized spacial score (nSPS) is 10.6. The van der Waals surface area contributed by atoms with E-state index in [0.717, 1.165) is 10.8 Å². The average molecular weight is 357 g/mol. The van der Waals surface area contributed by atoms with Gasteiger partial charge in [0.15, 0.2) is 0 Å². The van der Waals surface area contributed by atoms with Crippen molar-refractivity contribution >= 4 is 27.6 Å². The minimum Gasteiger partial charge on any atom is -0.478 e. The number of aromatic carboxylic acids is 1. The van der Waals surface area contributed by atoms with Gasteiger partial charge in [0.1, 0.15) is 11.3 Å². The van der Waals surface area contributed by atoms with Gasteiger partial charge in [-0.1, -0.05) is 0 Å². The average Bonchev–Trinajstić information content (AvgIpc) is 2.87. The highest BCUT2D eigenvalue weighted by Crippen LogP contribution is 2.23. The smallest absolute Gasteiger partial charge is 0.339 e. The number of carbonyl (C=O) groups is 1. The van der Waals surface area contributed by atoms with Gasteiger partial charge in [-0.2, -0.15) is 0 Å². The first-order valence-electron chi connectivity index (χ1n) is 5.66. The lowest BCUT2D eigenvalue weighted by Crippen LogP contribution is -2.23. The molecule has 2 heterocycles. The van der Waals surface area contributed by atoms with Crippen LogP contribution in [0.25, 0.3) is 0 Å². The third-order valence-corrected chi connectivity index (χ3v) is 3.86. The van der Waals surface area contributed by atoms with Gasteiger partial charge in [0.2, 0.25) is 0 Å². The van der Waals surface area contributed by atoms with Crippen LogP contribution in [0, 0.1) is 17.0 Å². The monoisotopic (exact) mass is 356 g/mol. The largest absolute Gasteiger partial charge is 0.478 e. The van der Waals surface area contributed by atoms with Crippen molar-refractivity contribution in [2.45, 2.75) is 13.5 Å². The number of pyridine rings is 1. The first-order valence-corrected chi connectivity index (χ1v) is 6.45. The Hall–Kier alpha value is -2.42. The van der Waals surface area contributed by atoms with E-state index in [1.165, 1.54) is 19.3 Å². The number of carboxylic acids is 1. The molecule has 0 aliphatic carbocycles. The van der Waals surface area contributed by atoms with E-state index < -0.39 is 16.5 Å². The van der Waals surface area contributed by atoms with Crippen LogP contribution in [0.4, 0.5) is 5.69 Å². The number of furan rings is 1. The summed E-state index contributed by atoms with van der Waals surface area (Å²) in [4.78, 5) is 33.4. The molecule has 0 atom stereocenters. The molecule has 110 valence electrons. The highest BCUT2D eigenvalue weighted by molar-refractivity contribution is 9.10. The van der Waals surface area contributed by atoms with Crippen LogP contribution in [-0.2, 0) is 6.54 Å². The third kappa shape index (κ3) is 2.72. The first-order chi connectivity index (χ1) is 9.82. The van der Waals surface area contributed by atoms with E-state index in [1.807, 2.05) is 0 Å². The number of nitrogens with zero attached hydrogens (tertiary/aromatic N) is 2. The van der Waals surface area contributed by atoms with Crippen molar-refractivity contribution < 1.29 is 19.2 Å². The molecule has 2 aromatic rings. The highest BCUT2D eigenvalue weighted by Gasteiger charge is 2.20. The molecule has 0 aliphatic heterocycles. The molecule has 2 aromatic heterocycles. The Morgan fingerprint density at radius 3 is 2.81 bits per heavy atom. The Kier molecular flexibility index (Phi) is 3.94. The molecule has 0 amide bonds. The number of nitro groups is 1. The topological polar surface area (TPSA) is 116 Å².